The lowest BCUT2D eigenvalue weighted by Crippen LogP contribution is -2.42. The minimum atomic E-state index is 0.105. The number of ether oxygens (including phenoxy) is 2. The van der Waals surface area contributed by atoms with Gasteiger partial charge in [-0.05, 0) is 58.5 Å². The second-order valence-corrected chi connectivity index (χ2v) is 9.73. The molecule has 4 aromatic rings. The molecular formula is C27H33N11O2. The average Bonchev–Trinajstić information content (AvgIpc) is 3.44. The van der Waals surface area contributed by atoms with Crippen molar-refractivity contribution in [1.29, 1.82) is 5.41 Å². The van der Waals surface area contributed by atoms with E-state index < -0.39 is 0 Å². The molecule has 0 amide bonds. The van der Waals surface area contributed by atoms with E-state index >= 15 is 0 Å². The Balaban J connectivity index is 1.52. The molecule has 1 aliphatic heterocycles. The van der Waals surface area contributed by atoms with Crippen molar-refractivity contribution in [2.45, 2.75) is 0 Å². The topological polar surface area (TPSA) is 146 Å². The molecule has 13 heteroatoms. The molecule has 5 rings (SSSR count). The Bertz CT molecular complexity index is 1630. The molecule has 40 heavy (non-hydrogen) atoms. The first-order valence-electron chi connectivity index (χ1n) is 12.8. The summed E-state index contributed by atoms with van der Waals surface area (Å²) in [6.07, 6.45) is 5.17. The first-order chi connectivity index (χ1) is 19.3. The highest BCUT2D eigenvalue weighted by atomic mass is 16.5. The van der Waals surface area contributed by atoms with Crippen LogP contribution >= 0.6 is 0 Å². The molecule has 1 aliphatic rings. The molecule has 0 saturated carbocycles. The second kappa shape index (κ2) is 11.6. The van der Waals surface area contributed by atoms with Gasteiger partial charge < -0.3 is 30.3 Å². The number of likely N-dealkylation sites (N-methyl/N-ethyl adjacent to an activating group) is 2. The fourth-order valence-electron chi connectivity index (χ4n) is 3.93. The third kappa shape index (κ3) is 5.80. The summed E-state index contributed by atoms with van der Waals surface area (Å²) in [5.74, 6) is 1.34. The highest BCUT2D eigenvalue weighted by Gasteiger charge is 2.23. The van der Waals surface area contributed by atoms with E-state index in [9.17, 15) is 0 Å². The van der Waals surface area contributed by atoms with Gasteiger partial charge in [0.25, 0.3) is 11.8 Å². The number of hydrogen-bond acceptors (Lipinski definition) is 10. The van der Waals surface area contributed by atoms with Gasteiger partial charge in [-0.25, -0.2) is 19.0 Å². The quantitative estimate of drug-likeness (QED) is 0.276. The molecule has 0 aliphatic carbocycles. The molecule has 0 spiro atoms. The molecule has 0 atom stereocenters. The lowest BCUT2D eigenvalue weighted by atomic mass is 10.2. The van der Waals surface area contributed by atoms with Crippen molar-refractivity contribution >= 4 is 39.8 Å². The van der Waals surface area contributed by atoms with Crippen molar-refractivity contribution < 1.29 is 9.47 Å². The van der Waals surface area contributed by atoms with E-state index in [0.29, 0.717) is 54.4 Å². The van der Waals surface area contributed by atoms with Crippen molar-refractivity contribution in [1.82, 2.24) is 34.3 Å². The van der Waals surface area contributed by atoms with E-state index in [-0.39, 0.29) is 11.5 Å². The lowest BCUT2D eigenvalue weighted by molar-refractivity contribution is 0.253. The predicted octanol–water partition coefficient (Wildman–Crippen LogP) is 2.09. The number of nitrogens with zero attached hydrogens (tertiary/aromatic N) is 8. The molecule has 0 unspecified atom stereocenters. The molecule has 0 fully saturated rings. The van der Waals surface area contributed by atoms with Crippen LogP contribution in [0.2, 0.25) is 0 Å². The Morgan fingerprint density at radius 2 is 1.32 bits per heavy atom. The smallest absolute Gasteiger partial charge is 0.260 e. The van der Waals surface area contributed by atoms with Gasteiger partial charge in [-0.15, -0.1) is 10.2 Å². The normalized spacial score (nSPS) is 15.9. The van der Waals surface area contributed by atoms with Crippen LogP contribution in [-0.2, 0) is 0 Å². The van der Waals surface area contributed by atoms with Crippen LogP contribution in [0.4, 0.5) is 11.4 Å². The summed E-state index contributed by atoms with van der Waals surface area (Å²) in [6.45, 7) is 2.31. The van der Waals surface area contributed by atoms with Gasteiger partial charge in [0.15, 0.2) is 23.0 Å². The van der Waals surface area contributed by atoms with Crippen LogP contribution in [0.5, 0.6) is 11.8 Å². The Hall–Kier alpha value is -4.75. The zero-order chi connectivity index (χ0) is 28.2. The highest BCUT2D eigenvalue weighted by Crippen LogP contribution is 2.34. The molecule has 0 saturated heterocycles. The van der Waals surface area contributed by atoms with Crippen molar-refractivity contribution in [3.8, 4) is 11.8 Å². The van der Waals surface area contributed by atoms with Crippen molar-refractivity contribution in [3.63, 3.8) is 0 Å². The molecule has 4 N–H and O–H groups in total. The van der Waals surface area contributed by atoms with Gasteiger partial charge in [-0.3, -0.25) is 5.41 Å². The van der Waals surface area contributed by atoms with Crippen LogP contribution in [-0.4, -0.2) is 101 Å². The predicted molar refractivity (Wildman–Crippen MR) is 156 cm³/mol. The molecule has 4 aromatic heterocycles. The zero-order valence-corrected chi connectivity index (χ0v) is 23.0. The fourth-order valence-corrected chi connectivity index (χ4v) is 3.93. The maximum Gasteiger partial charge on any atom is 0.260 e. The van der Waals surface area contributed by atoms with E-state index in [0.717, 1.165) is 17.6 Å². The van der Waals surface area contributed by atoms with Crippen molar-refractivity contribution in [3.05, 3.63) is 60.6 Å². The summed E-state index contributed by atoms with van der Waals surface area (Å²) < 4.78 is 15.4. The first kappa shape index (κ1) is 26.8. The maximum absolute atomic E-state index is 8.57. The number of nitrogens with two attached hydrogens (primary N) is 1. The summed E-state index contributed by atoms with van der Waals surface area (Å²) >= 11 is 0. The number of rotatable bonds is 10. The minimum Gasteiger partial charge on any atom is -0.474 e. The van der Waals surface area contributed by atoms with Gasteiger partial charge in [0, 0.05) is 25.5 Å². The van der Waals surface area contributed by atoms with Crippen LogP contribution in [0, 0.1) is 5.41 Å². The summed E-state index contributed by atoms with van der Waals surface area (Å²) in [4.78, 5) is 13.6. The summed E-state index contributed by atoms with van der Waals surface area (Å²) in [6, 6.07) is 11.4. The summed E-state index contributed by atoms with van der Waals surface area (Å²) in [7, 11) is 7.90. The monoisotopic (exact) mass is 543 g/mol. The standard InChI is InChI=1S/C27H33N11O2/c1-35(2)13-15-39-26-22(20-9-5-7-11-37(20)33-26)30-24-18(28)17-19(29)25(32-24)31-23-21-10-6-8-12-38(21)34-27(23)40-16-14-36(3)4/h5-12,17,28H,13-16,29H2,1-4H3,(H,30,31,32). The number of pyridine rings is 2. The Morgan fingerprint density at radius 1 is 0.825 bits per heavy atom. The molecule has 0 bridgehead atoms. The number of aliphatic imine (C=N–C) groups is 2. The van der Waals surface area contributed by atoms with Crippen LogP contribution in [0.15, 0.2) is 70.5 Å². The van der Waals surface area contributed by atoms with E-state index in [2.05, 4.69) is 15.5 Å². The molecular weight excluding hydrogens is 510 g/mol. The number of amidine groups is 2. The molecule has 13 nitrogen and oxygen atoms in total. The van der Waals surface area contributed by atoms with Gasteiger partial charge in [0.05, 0.1) is 22.4 Å². The van der Waals surface area contributed by atoms with E-state index in [4.69, 9.17) is 30.6 Å². The number of hydrogen-bond donors (Lipinski definition) is 3. The van der Waals surface area contributed by atoms with E-state index in [1.165, 1.54) is 6.08 Å². The third-order valence-corrected chi connectivity index (χ3v) is 6.03. The number of nitrogens with one attached hydrogen (secondary N) is 2. The van der Waals surface area contributed by atoms with Gasteiger partial charge in [-0.1, -0.05) is 12.1 Å². The summed E-state index contributed by atoms with van der Waals surface area (Å²) in [5.41, 5.74) is 9.24. The fraction of sp³-hybridized carbons (Fsp3) is 0.296. The first-order valence-corrected chi connectivity index (χ1v) is 12.8. The summed E-state index contributed by atoms with van der Waals surface area (Å²) in [5, 5.41) is 20.8. The van der Waals surface area contributed by atoms with E-state index in [1.807, 2.05) is 86.8 Å². The third-order valence-electron chi connectivity index (χ3n) is 6.03. The van der Waals surface area contributed by atoms with Gasteiger partial charge in [0.2, 0.25) is 0 Å². The Morgan fingerprint density at radius 3 is 1.82 bits per heavy atom. The molecule has 208 valence electrons. The minimum absolute atomic E-state index is 0.105. The maximum atomic E-state index is 8.57. The van der Waals surface area contributed by atoms with E-state index in [1.54, 1.807) is 9.03 Å². The number of aromatic nitrogens is 4. The zero-order valence-electron chi connectivity index (χ0n) is 23.0. The Kier molecular flexibility index (Phi) is 7.75. The van der Waals surface area contributed by atoms with Crippen molar-refractivity contribution in [2.75, 3.05) is 54.5 Å². The Labute approximate surface area is 231 Å². The van der Waals surface area contributed by atoms with Crippen LogP contribution in [0.3, 0.4) is 0 Å². The van der Waals surface area contributed by atoms with Gasteiger partial charge >= 0.3 is 0 Å². The van der Waals surface area contributed by atoms with Gasteiger partial charge in [0.1, 0.15) is 13.2 Å². The molecule has 0 aromatic carbocycles. The molecule has 0 radical (unpaired) electrons. The SMILES string of the molecule is CN(C)CCOc1nn2ccccc2c1/N=C1\N/C(=N\c2c(OCCN(C)C)nn3ccccc23)C(N)=CC1=N. The van der Waals surface area contributed by atoms with Crippen LogP contribution in [0.1, 0.15) is 0 Å². The number of fused-ring (bicyclic) bond motifs is 2. The van der Waals surface area contributed by atoms with Crippen molar-refractivity contribution in [2.24, 2.45) is 15.7 Å². The van der Waals surface area contributed by atoms with Crippen LogP contribution < -0.4 is 20.5 Å². The largest absolute Gasteiger partial charge is 0.474 e. The lowest BCUT2D eigenvalue weighted by Gasteiger charge is -2.18. The molecule has 5 heterocycles. The second-order valence-electron chi connectivity index (χ2n) is 9.73. The van der Waals surface area contributed by atoms with Gasteiger partial charge in [-0.2, -0.15) is 0 Å². The van der Waals surface area contributed by atoms with Crippen LogP contribution in [0.25, 0.3) is 11.0 Å². The highest BCUT2D eigenvalue weighted by molar-refractivity contribution is 6.50. The average molecular weight is 544 g/mol.